The van der Waals surface area contributed by atoms with Gasteiger partial charge in [0.15, 0.2) is 5.78 Å². The van der Waals surface area contributed by atoms with Gasteiger partial charge in [0.1, 0.15) is 0 Å². The van der Waals surface area contributed by atoms with Crippen LogP contribution in [0.1, 0.15) is 31.1 Å². The van der Waals surface area contributed by atoms with E-state index in [1.54, 1.807) is 0 Å². The molecule has 0 unspecified atom stereocenters. The summed E-state index contributed by atoms with van der Waals surface area (Å²) in [4.78, 5) is 26.1. The van der Waals surface area contributed by atoms with Crippen LogP contribution in [0, 0.1) is 5.41 Å². The van der Waals surface area contributed by atoms with Gasteiger partial charge in [0.25, 0.3) is 0 Å². The minimum absolute atomic E-state index is 0.0347. The quantitative estimate of drug-likeness (QED) is 0.863. The highest BCUT2D eigenvalue weighted by atomic mass is 16.5. The maximum Gasteiger partial charge on any atom is 0.225 e. The van der Waals surface area contributed by atoms with Crippen LogP contribution in [0.4, 0.5) is 5.69 Å². The molecule has 1 saturated heterocycles. The number of carbonyl (C=O) groups excluding carboxylic acids is 2. The third kappa shape index (κ3) is 4.31. The molecule has 0 aromatic heterocycles. The molecule has 5 heteroatoms. The number of nitrogens with one attached hydrogen (secondary N) is 1. The number of carbonyl (C=O) groups is 2. The second-order valence-corrected chi connectivity index (χ2v) is 6.50. The van der Waals surface area contributed by atoms with Crippen LogP contribution in [-0.4, -0.2) is 44.5 Å². The number of ketones is 1. The molecule has 1 fully saturated rings. The molecule has 22 heavy (non-hydrogen) atoms. The Labute approximate surface area is 131 Å². The van der Waals surface area contributed by atoms with Crippen molar-refractivity contribution in [2.75, 3.05) is 37.7 Å². The fourth-order valence-electron chi connectivity index (χ4n) is 2.21. The standard InChI is InChI=1S/C17H24N2O3/c1-17(2,3)16(21)18-12-15(20)13-4-6-14(7-5-13)19-8-10-22-11-9-19/h4-7H,8-12H2,1-3H3,(H,18,21). The molecule has 0 spiro atoms. The first-order valence-electron chi connectivity index (χ1n) is 7.62. The maximum atomic E-state index is 12.1. The van der Waals surface area contributed by atoms with E-state index in [1.165, 1.54) is 0 Å². The number of benzene rings is 1. The molecule has 1 aliphatic rings. The number of hydrogen-bond donors (Lipinski definition) is 1. The number of nitrogens with zero attached hydrogens (tertiary/aromatic N) is 1. The molecule has 5 nitrogen and oxygen atoms in total. The molecule has 1 heterocycles. The smallest absolute Gasteiger partial charge is 0.225 e. The minimum atomic E-state index is -0.486. The summed E-state index contributed by atoms with van der Waals surface area (Å²) in [7, 11) is 0. The summed E-state index contributed by atoms with van der Waals surface area (Å²) in [6.07, 6.45) is 0. The van der Waals surface area contributed by atoms with Gasteiger partial charge in [-0.15, -0.1) is 0 Å². The van der Waals surface area contributed by atoms with Gasteiger partial charge < -0.3 is 15.0 Å². The number of rotatable bonds is 4. The molecule has 0 atom stereocenters. The average Bonchev–Trinajstić information content (AvgIpc) is 2.52. The van der Waals surface area contributed by atoms with Gasteiger partial charge >= 0.3 is 0 Å². The van der Waals surface area contributed by atoms with Gasteiger partial charge in [-0.2, -0.15) is 0 Å². The Morgan fingerprint density at radius 2 is 1.73 bits per heavy atom. The van der Waals surface area contributed by atoms with Crippen molar-refractivity contribution in [1.29, 1.82) is 0 Å². The second-order valence-electron chi connectivity index (χ2n) is 6.50. The van der Waals surface area contributed by atoms with Crippen LogP contribution in [0.15, 0.2) is 24.3 Å². The van der Waals surface area contributed by atoms with E-state index in [0.29, 0.717) is 5.56 Å². The summed E-state index contributed by atoms with van der Waals surface area (Å²) in [5, 5.41) is 2.68. The van der Waals surface area contributed by atoms with Crippen molar-refractivity contribution < 1.29 is 14.3 Å². The lowest BCUT2D eigenvalue weighted by molar-refractivity contribution is -0.128. The average molecular weight is 304 g/mol. The van der Waals surface area contributed by atoms with E-state index in [-0.39, 0.29) is 18.2 Å². The fraction of sp³-hybridized carbons (Fsp3) is 0.529. The molecule has 0 saturated carbocycles. The molecular weight excluding hydrogens is 280 g/mol. The van der Waals surface area contributed by atoms with E-state index in [4.69, 9.17) is 4.74 Å². The van der Waals surface area contributed by atoms with Crippen molar-refractivity contribution >= 4 is 17.4 Å². The first-order chi connectivity index (χ1) is 10.4. The van der Waals surface area contributed by atoms with Crippen molar-refractivity contribution in [3.8, 4) is 0 Å². The van der Waals surface area contributed by atoms with Crippen LogP contribution in [0.3, 0.4) is 0 Å². The summed E-state index contributed by atoms with van der Waals surface area (Å²) >= 11 is 0. The molecule has 2 rings (SSSR count). The highest BCUT2D eigenvalue weighted by Gasteiger charge is 2.21. The molecule has 1 N–H and O–H groups in total. The van der Waals surface area contributed by atoms with E-state index in [1.807, 2.05) is 45.0 Å². The summed E-state index contributed by atoms with van der Waals surface area (Å²) in [6, 6.07) is 7.53. The summed E-state index contributed by atoms with van der Waals surface area (Å²) in [6.45, 7) is 8.72. The third-order valence-corrected chi connectivity index (χ3v) is 3.66. The summed E-state index contributed by atoms with van der Waals surface area (Å²) in [5.74, 6) is -0.197. The highest BCUT2D eigenvalue weighted by Crippen LogP contribution is 2.17. The molecule has 1 aliphatic heterocycles. The maximum absolute atomic E-state index is 12.1. The molecule has 120 valence electrons. The molecule has 1 amide bonds. The van der Waals surface area contributed by atoms with Crippen LogP contribution in [0.2, 0.25) is 0 Å². The van der Waals surface area contributed by atoms with E-state index in [0.717, 1.165) is 32.0 Å². The van der Waals surface area contributed by atoms with Crippen LogP contribution in [0.5, 0.6) is 0 Å². The highest BCUT2D eigenvalue weighted by molar-refractivity contribution is 6.00. The van der Waals surface area contributed by atoms with Crippen molar-refractivity contribution in [3.05, 3.63) is 29.8 Å². The Balaban J connectivity index is 1.92. The predicted octanol–water partition coefficient (Wildman–Crippen LogP) is 1.87. The second kappa shape index (κ2) is 6.92. The Kier molecular flexibility index (Phi) is 5.19. The van der Waals surface area contributed by atoms with Crippen molar-refractivity contribution in [3.63, 3.8) is 0 Å². The van der Waals surface area contributed by atoms with Gasteiger partial charge in [-0.3, -0.25) is 9.59 Å². The predicted molar refractivity (Wildman–Crippen MR) is 86.3 cm³/mol. The lowest BCUT2D eigenvalue weighted by Crippen LogP contribution is -2.38. The monoisotopic (exact) mass is 304 g/mol. The van der Waals surface area contributed by atoms with E-state index >= 15 is 0 Å². The Morgan fingerprint density at radius 1 is 1.14 bits per heavy atom. The van der Waals surface area contributed by atoms with E-state index < -0.39 is 5.41 Å². The largest absolute Gasteiger partial charge is 0.378 e. The Morgan fingerprint density at radius 3 is 2.27 bits per heavy atom. The number of anilines is 1. The summed E-state index contributed by atoms with van der Waals surface area (Å²) < 4.78 is 5.33. The first kappa shape index (κ1) is 16.5. The molecule has 0 aliphatic carbocycles. The zero-order valence-electron chi connectivity index (χ0n) is 13.5. The third-order valence-electron chi connectivity index (χ3n) is 3.66. The number of ether oxygens (including phenoxy) is 1. The number of Topliss-reactive ketones (excluding diaryl/α,β-unsaturated/α-hetero) is 1. The molecule has 1 aromatic rings. The van der Waals surface area contributed by atoms with E-state index in [2.05, 4.69) is 10.2 Å². The zero-order valence-corrected chi connectivity index (χ0v) is 13.5. The van der Waals surface area contributed by atoms with Crippen LogP contribution < -0.4 is 10.2 Å². The van der Waals surface area contributed by atoms with Gasteiger partial charge in [-0.05, 0) is 24.3 Å². The van der Waals surface area contributed by atoms with Gasteiger partial charge in [0.05, 0.1) is 19.8 Å². The van der Waals surface area contributed by atoms with Gasteiger partial charge in [-0.25, -0.2) is 0 Å². The minimum Gasteiger partial charge on any atom is -0.378 e. The van der Waals surface area contributed by atoms with Gasteiger partial charge in [0, 0.05) is 29.8 Å². The van der Waals surface area contributed by atoms with Crippen molar-refractivity contribution in [2.45, 2.75) is 20.8 Å². The lowest BCUT2D eigenvalue weighted by Gasteiger charge is -2.28. The number of amides is 1. The van der Waals surface area contributed by atoms with Crippen molar-refractivity contribution in [1.82, 2.24) is 5.32 Å². The fourth-order valence-corrected chi connectivity index (χ4v) is 2.21. The molecular formula is C17H24N2O3. The zero-order chi connectivity index (χ0) is 16.2. The normalized spacial score (nSPS) is 15.5. The molecule has 0 bridgehead atoms. The lowest BCUT2D eigenvalue weighted by atomic mass is 9.95. The van der Waals surface area contributed by atoms with Gasteiger partial charge in [-0.1, -0.05) is 20.8 Å². The topological polar surface area (TPSA) is 58.6 Å². The van der Waals surface area contributed by atoms with Crippen molar-refractivity contribution in [2.24, 2.45) is 5.41 Å². The first-order valence-corrected chi connectivity index (χ1v) is 7.62. The Hall–Kier alpha value is -1.88. The Bertz CT molecular complexity index is 526. The summed E-state index contributed by atoms with van der Waals surface area (Å²) in [5.41, 5.74) is 1.23. The molecule has 0 radical (unpaired) electrons. The number of hydrogen-bond acceptors (Lipinski definition) is 4. The SMILES string of the molecule is CC(C)(C)C(=O)NCC(=O)c1ccc(N2CCOCC2)cc1. The molecule has 1 aromatic carbocycles. The van der Waals surface area contributed by atoms with Crippen LogP contribution in [-0.2, 0) is 9.53 Å². The van der Waals surface area contributed by atoms with Gasteiger partial charge in [0.2, 0.25) is 5.91 Å². The number of morpholine rings is 1. The van der Waals surface area contributed by atoms with Crippen LogP contribution >= 0.6 is 0 Å². The van der Waals surface area contributed by atoms with E-state index in [9.17, 15) is 9.59 Å². The van der Waals surface area contributed by atoms with Crippen LogP contribution in [0.25, 0.3) is 0 Å².